The van der Waals surface area contributed by atoms with Crippen molar-refractivity contribution in [2.24, 2.45) is 0 Å². The van der Waals surface area contributed by atoms with Crippen LogP contribution in [0.4, 0.5) is 0 Å². The standard InChI is InChI=1S/C4H2ClS.ClH.Zn/c5-4-2-1-3-6-4;;/h1-2H;1H;/q-1;;+2/p-1. The van der Waals surface area contributed by atoms with Crippen molar-refractivity contribution in [2.75, 3.05) is 0 Å². The van der Waals surface area contributed by atoms with Crippen molar-refractivity contribution in [3.63, 3.8) is 0 Å². The molecule has 0 nitrogen and oxygen atoms in total. The van der Waals surface area contributed by atoms with E-state index in [1.807, 2.05) is 6.07 Å². The van der Waals surface area contributed by atoms with E-state index in [1.54, 1.807) is 6.07 Å². The van der Waals surface area contributed by atoms with Crippen LogP contribution in [0.15, 0.2) is 12.1 Å². The minimum absolute atomic E-state index is 0. The Morgan fingerprint density at radius 3 is 2.38 bits per heavy atom. The van der Waals surface area contributed by atoms with E-state index in [1.165, 1.54) is 11.3 Å². The topological polar surface area (TPSA) is 0 Å². The van der Waals surface area contributed by atoms with E-state index in [0.29, 0.717) is 0 Å². The van der Waals surface area contributed by atoms with E-state index < -0.39 is 0 Å². The molecule has 40 valence electrons. The van der Waals surface area contributed by atoms with Gasteiger partial charge in [0.15, 0.2) is 0 Å². The molecule has 0 saturated carbocycles. The molecule has 1 aromatic heterocycles. The number of hydrogen-bond acceptors (Lipinski definition) is 1. The molecule has 0 aliphatic rings. The van der Waals surface area contributed by atoms with Crippen LogP contribution in [0.1, 0.15) is 0 Å². The smallest absolute Gasteiger partial charge is 1.00 e. The van der Waals surface area contributed by atoms with E-state index in [-0.39, 0.29) is 31.9 Å². The van der Waals surface area contributed by atoms with E-state index in [9.17, 15) is 0 Å². The molecule has 4 heteroatoms. The van der Waals surface area contributed by atoms with E-state index >= 15 is 0 Å². The van der Waals surface area contributed by atoms with Gasteiger partial charge in [-0.2, -0.15) is 23.7 Å². The molecular weight excluding hydrogens is 216 g/mol. The molecule has 0 radical (unpaired) electrons. The van der Waals surface area contributed by atoms with E-state index in [2.05, 4.69) is 5.38 Å². The third-order valence-corrected chi connectivity index (χ3v) is 1.38. The molecule has 0 N–H and O–H groups in total. The molecular formula is C4H2Cl2SZn. The molecule has 8 heavy (non-hydrogen) atoms. The first-order valence-electron chi connectivity index (χ1n) is 1.51. The van der Waals surface area contributed by atoms with Crippen LogP contribution in [0.2, 0.25) is 4.34 Å². The molecule has 0 unspecified atom stereocenters. The second kappa shape index (κ2) is 6.03. The largest absolute Gasteiger partial charge is 2.00 e. The average molecular weight is 218 g/mol. The summed E-state index contributed by atoms with van der Waals surface area (Å²) in [4.78, 5) is 0. The molecule has 0 aliphatic heterocycles. The van der Waals surface area contributed by atoms with Crippen LogP contribution >= 0.6 is 22.9 Å². The molecule has 1 heterocycles. The molecule has 0 atom stereocenters. The predicted molar refractivity (Wildman–Crippen MR) is 28.2 cm³/mol. The normalized spacial score (nSPS) is 6.62. The van der Waals surface area contributed by atoms with Gasteiger partial charge in [0.1, 0.15) is 0 Å². The van der Waals surface area contributed by atoms with Gasteiger partial charge in [-0.05, 0) is 0 Å². The minimum atomic E-state index is 0. The monoisotopic (exact) mass is 216 g/mol. The maximum atomic E-state index is 5.44. The summed E-state index contributed by atoms with van der Waals surface area (Å²) in [6.07, 6.45) is 0. The Morgan fingerprint density at radius 2 is 2.25 bits per heavy atom. The van der Waals surface area contributed by atoms with Gasteiger partial charge in [0.05, 0.1) is 0 Å². The Bertz CT molecular complexity index is 118. The molecule has 0 aromatic carbocycles. The summed E-state index contributed by atoms with van der Waals surface area (Å²) in [7, 11) is 0. The summed E-state index contributed by atoms with van der Waals surface area (Å²) >= 11 is 6.86. The van der Waals surface area contributed by atoms with Crippen molar-refractivity contribution >= 4 is 22.9 Å². The third-order valence-electron chi connectivity index (χ3n) is 0.439. The van der Waals surface area contributed by atoms with Gasteiger partial charge >= 0.3 is 19.5 Å². The minimum Gasteiger partial charge on any atom is -1.00 e. The molecule has 0 fully saturated rings. The summed E-state index contributed by atoms with van der Waals surface area (Å²) < 4.78 is 0.801. The van der Waals surface area contributed by atoms with Crippen molar-refractivity contribution in [3.05, 3.63) is 21.8 Å². The van der Waals surface area contributed by atoms with Gasteiger partial charge in [0.2, 0.25) is 0 Å². The van der Waals surface area contributed by atoms with Gasteiger partial charge in [0.25, 0.3) is 0 Å². The Kier molecular flexibility index (Phi) is 8.80. The Hall–Kier alpha value is 0.903. The third kappa shape index (κ3) is 3.85. The molecule has 0 amide bonds. The van der Waals surface area contributed by atoms with Crippen molar-refractivity contribution in [2.45, 2.75) is 0 Å². The van der Waals surface area contributed by atoms with Crippen LogP contribution in [-0.4, -0.2) is 0 Å². The van der Waals surface area contributed by atoms with Crippen LogP contribution in [0.3, 0.4) is 0 Å². The number of halogens is 2. The van der Waals surface area contributed by atoms with Gasteiger partial charge < -0.3 is 12.4 Å². The summed E-state index contributed by atoms with van der Waals surface area (Å²) in [6, 6.07) is 3.61. The van der Waals surface area contributed by atoms with Crippen molar-refractivity contribution in [3.8, 4) is 0 Å². The molecule has 1 aromatic rings. The zero-order chi connectivity index (χ0) is 4.41. The Balaban J connectivity index is 0. The predicted octanol–water partition coefficient (Wildman–Crippen LogP) is -0.797. The van der Waals surface area contributed by atoms with Gasteiger partial charge in [-0.3, -0.25) is 11.3 Å². The van der Waals surface area contributed by atoms with Crippen molar-refractivity contribution in [1.82, 2.24) is 0 Å². The fraction of sp³-hybridized carbons (Fsp3) is 0. The molecule has 0 bridgehead atoms. The second-order valence-electron chi connectivity index (χ2n) is 0.857. The number of thiophene rings is 1. The van der Waals surface area contributed by atoms with E-state index in [0.717, 1.165) is 4.34 Å². The fourth-order valence-electron chi connectivity index (χ4n) is 0.224. The summed E-state index contributed by atoms with van der Waals surface area (Å²) in [5.41, 5.74) is 0. The number of rotatable bonds is 0. The fourth-order valence-corrected chi connectivity index (χ4v) is 0.805. The Labute approximate surface area is 76.4 Å². The van der Waals surface area contributed by atoms with Crippen LogP contribution in [0.25, 0.3) is 0 Å². The summed E-state index contributed by atoms with van der Waals surface area (Å²) in [6.45, 7) is 0. The molecule has 0 saturated heterocycles. The summed E-state index contributed by atoms with van der Waals surface area (Å²) in [5.74, 6) is 0. The molecule has 0 spiro atoms. The van der Waals surface area contributed by atoms with E-state index in [4.69, 9.17) is 11.6 Å². The average Bonchev–Trinajstić information content (AvgIpc) is 1.86. The maximum Gasteiger partial charge on any atom is 2.00 e. The van der Waals surface area contributed by atoms with Crippen molar-refractivity contribution < 1.29 is 31.9 Å². The first-order chi connectivity index (χ1) is 2.89. The maximum absolute atomic E-state index is 5.44. The van der Waals surface area contributed by atoms with Crippen LogP contribution in [-0.2, 0) is 19.5 Å². The Morgan fingerprint density at radius 1 is 1.62 bits per heavy atom. The van der Waals surface area contributed by atoms with Crippen LogP contribution in [0.5, 0.6) is 0 Å². The van der Waals surface area contributed by atoms with Crippen LogP contribution in [0, 0.1) is 5.38 Å². The first kappa shape index (κ1) is 11.7. The van der Waals surface area contributed by atoms with Crippen molar-refractivity contribution in [1.29, 1.82) is 0 Å². The van der Waals surface area contributed by atoms with Gasteiger partial charge in [-0.15, -0.1) is 5.38 Å². The van der Waals surface area contributed by atoms with Gasteiger partial charge in [-0.25, -0.2) is 0 Å². The second-order valence-corrected chi connectivity index (χ2v) is 2.37. The first-order valence-corrected chi connectivity index (χ1v) is 2.70. The quantitative estimate of drug-likeness (QED) is 0.395. The SMILES string of the molecule is Clc1cc[c-]s1.[Cl-].[Zn+2]. The molecule has 1 rings (SSSR count). The van der Waals surface area contributed by atoms with Crippen LogP contribution < -0.4 is 12.4 Å². The van der Waals surface area contributed by atoms with Gasteiger partial charge in [0, 0.05) is 0 Å². The number of hydrogen-bond donors (Lipinski definition) is 0. The zero-order valence-corrected chi connectivity index (χ0v) is 9.32. The summed E-state index contributed by atoms with van der Waals surface area (Å²) in [5, 5.41) is 2.84. The zero-order valence-electron chi connectivity index (χ0n) is 4.03. The molecule has 0 aliphatic carbocycles. The van der Waals surface area contributed by atoms with Gasteiger partial charge in [-0.1, -0.05) is 4.34 Å².